The van der Waals surface area contributed by atoms with E-state index in [4.69, 9.17) is 9.84 Å². The quantitative estimate of drug-likeness (QED) is 0.680. The molecule has 0 radical (unpaired) electrons. The molecule has 2 aliphatic heterocycles. The highest BCUT2D eigenvalue weighted by Gasteiger charge is 2.40. The number of hydrogen-bond donors (Lipinski definition) is 2. The third-order valence-electron chi connectivity index (χ3n) is 3.50. The van der Waals surface area contributed by atoms with E-state index in [1.165, 1.54) is 0 Å². The molecule has 4 heteroatoms. The molecule has 2 rings (SSSR count). The van der Waals surface area contributed by atoms with Crippen molar-refractivity contribution < 1.29 is 14.9 Å². The molecule has 2 atom stereocenters. The van der Waals surface area contributed by atoms with Crippen molar-refractivity contribution in [2.24, 2.45) is 0 Å². The van der Waals surface area contributed by atoms with E-state index in [1.54, 1.807) is 0 Å². The third kappa shape index (κ3) is 2.69. The van der Waals surface area contributed by atoms with Crippen LogP contribution in [-0.2, 0) is 4.74 Å². The second-order valence-electron chi connectivity index (χ2n) is 4.78. The average molecular weight is 215 g/mol. The fourth-order valence-corrected chi connectivity index (χ4v) is 2.81. The summed E-state index contributed by atoms with van der Waals surface area (Å²) in [7, 11) is 0. The first-order valence-corrected chi connectivity index (χ1v) is 5.89. The number of aliphatic hydroxyl groups excluding tert-OH is 2. The van der Waals surface area contributed by atoms with Crippen molar-refractivity contribution in [2.75, 3.05) is 32.8 Å². The molecule has 2 saturated heterocycles. The number of β-amino-alcohol motifs (C(OH)–C–C–N with tert-alkyl or cyclic N) is 1. The van der Waals surface area contributed by atoms with Crippen LogP contribution in [0.3, 0.4) is 0 Å². The van der Waals surface area contributed by atoms with Crippen LogP contribution in [0.4, 0.5) is 0 Å². The van der Waals surface area contributed by atoms with Crippen LogP contribution < -0.4 is 0 Å². The minimum absolute atomic E-state index is 0.134. The highest BCUT2D eigenvalue weighted by atomic mass is 16.5. The molecule has 15 heavy (non-hydrogen) atoms. The van der Waals surface area contributed by atoms with Crippen molar-refractivity contribution in [2.45, 2.75) is 37.4 Å². The number of nitrogens with zero attached hydrogens (tertiary/aromatic N) is 1. The second kappa shape index (κ2) is 4.78. The summed E-state index contributed by atoms with van der Waals surface area (Å²) in [6, 6.07) is 0. The zero-order valence-corrected chi connectivity index (χ0v) is 9.19. The summed E-state index contributed by atoms with van der Waals surface area (Å²) in [5, 5.41) is 18.6. The first-order valence-electron chi connectivity index (χ1n) is 5.89. The van der Waals surface area contributed by atoms with E-state index in [2.05, 4.69) is 4.90 Å². The summed E-state index contributed by atoms with van der Waals surface area (Å²) in [5.74, 6) is 0. The number of ether oxygens (including phenoxy) is 1. The van der Waals surface area contributed by atoms with Crippen LogP contribution in [0.2, 0.25) is 0 Å². The Labute approximate surface area is 90.8 Å². The van der Waals surface area contributed by atoms with Crippen molar-refractivity contribution in [3.8, 4) is 0 Å². The third-order valence-corrected chi connectivity index (χ3v) is 3.50. The molecule has 2 fully saturated rings. The van der Waals surface area contributed by atoms with Gasteiger partial charge >= 0.3 is 0 Å². The number of hydrogen-bond acceptors (Lipinski definition) is 4. The fraction of sp³-hybridized carbons (Fsp3) is 1.00. The second-order valence-corrected chi connectivity index (χ2v) is 4.78. The summed E-state index contributed by atoms with van der Waals surface area (Å²) < 4.78 is 5.87. The molecule has 0 amide bonds. The van der Waals surface area contributed by atoms with Crippen LogP contribution in [0.5, 0.6) is 0 Å². The normalized spacial score (nSPS) is 38.4. The lowest BCUT2D eigenvalue weighted by Crippen LogP contribution is -2.54. The minimum Gasteiger partial charge on any atom is -0.395 e. The predicted molar refractivity (Wildman–Crippen MR) is 56.7 cm³/mol. The van der Waals surface area contributed by atoms with Gasteiger partial charge in [0.05, 0.1) is 18.3 Å². The van der Waals surface area contributed by atoms with Gasteiger partial charge in [-0.05, 0) is 25.8 Å². The van der Waals surface area contributed by atoms with E-state index in [9.17, 15) is 5.11 Å². The van der Waals surface area contributed by atoms with E-state index in [0.29, 0.717) is 6.61 Å². The fourth-order valence-electron chi connectivity index (χ4n) is 2.81. The number of aliphatic hydroxyl groups is 2. The monoisotopic (exact) mass is 215 g/mol. The standard InChI is InChI=1S/C11H21NO3/c13-6-5-12-4-1-3-11(9-12)8-10(14)2-7-15-11/h10,13-14H,1-9H2/t10-,11+/m1/s1. The lowest BCUT2D eigenvalue weighted by atomic mass is 9.84. The number of likely N-dealkylation sites (tertiary alicyclic amines) is 1. The van der Waals surface area contributed by atoms with Crippen molar-refractivity contribution in [3.05, 3.63) is 0 Å². The van der Waals surface area contributed by atoms with E-state index >= 15 is 0 Å². The lowest BCUT2D eigenvalue weighted by molar-refractivity contribution is -0.147. The van der Waals surface area contributed by atoms with Crippen LogP contribution in [-0.4, -0.2) is 59.7 Å². The maximum absolute atomic E-state index is 9.69. The highest BCUT2D eigenvalue weighted by molar-refractivity contribution is 4.93. The topological polar surface area (TPSA) is 52.9 Å². The van der Waals surface area contributed by atoms with Gasteiger partial charge in [0.15, 0.2) is 0 Å². The average Bonchev–Trinajstić information content (AvgIpc) is 2.17. The van der Waals surface area contributed by atoms with E-state index < -0.39 is 0 Å². The summed E-state index contributed by atoms with van der Waals surface area (Å²) in [6.45, 7) is 3.51. The van der Waals surface area contributed by atoms with Crippen LogP contribution in [0, 0.1) is 0 Å². The van der Waals surface area contributed by atoms with Gasteiger partial charge in [-0.2, -0.15) is 0 Å². The van der Waals surface area contributed by atoms with E-state index in [-0.39, 0.29) is 18.3 Å². The number of rotatable bonds is 2. The molecule has 0 aromatic carbocycles. The summed E-state index contributed by atoms with van der Waals surface area (Å²) in [4.78, 5) is 2.24. The van der Waals surface area contributed by atoms with Crippen LogP contribution >= 0.6 is 0 Å². The molecule has 2 N–H and O–H groups in total. The van der Waals surface area contributed by atoms with Gasteiger partial charge in [-0.25, -0.2) is 0 Å². The minimum atomic E-state index is -0.201. The Kier molecular flexibility index (Phi) is 3.61. The Morgan fingerprint density at radius 3 is 3.07 bits per heavy atom. The predicted octanol–water partition coefficient (Wildman–Crippen LogP) is -0.0154. The first kappa shape index (κ1) is 11.3. The van der Waals surface area contributed by atoms with E-state index in [0.717, 1.165) is 45.3 Å². The van der Waals surface area contributed by atoms with Gasteiger partial charge in [-0.3, -0.25) is 4.90 Å². The van der Waals surface area contributed by atoms with Crippen molar-refractivity contribution in [1.29, 1.82) is 0 Å². The van der Waals surface area contributed by atoms with Gasteiger partial charge in [-0.1, -0.05) is 0 Å². The molecule has 0 aromatic heterocycles. The van der Waals surface area contributed by atoms with Gasteiger partial charge in [0.1, 0.15) is 0 Å². The van der Waals surface area contributed by atoms with Gasteiger partial charge < -0.3 is 14.9 Å². The van der Waals surface area contributed by atoms with E-state index in [1.807, 2.05) is 0 Å². The van der Waals surface area contributed by atoms with Gasteiger partial charge in [0.2, 0.25) is 0 Å². The summed E-state index contributed by atoms with van der Waals surface area (Å²) in [6.07, 6.45) is 3.47. The molecule has 0 saturated carbocycles. The van der Waals surface area contributed by atoms with Gasteiger partial charge in [0, 0.05) is 26.1 Å². The smallest absolute Gasteiger partial charge is 0.0833 e. The zero-order chi connectivity index (χ0) is 10.7. The van der Waals surface area contributed by atoms with Crippen molar-refractivity contribution in [1.82, 2.24) is 4.90 Å². The molecule has 0 aromatic rings. The Morgan fingerprint density at radius 2 is 2.33 bits per heavy atom. The molecule has 2 heterocycles. The molecule has 2 aliphatic rings. The molecule has 1 spiro atoms. The maximum atomic E-state index is 9.69. The van der Waals surface area contributed by atoms with Crippen LogP contribution in [0.1, 0.15) is 25.7 Å². The molecule has 4 nitrogen and oxygen atoms in total. The number of piperidine rings is 1. The van der Waals surface area contributed by atoms with Crippen molar-refractivity contribution in [3.63, 3.8) is 0 Å². The van der Waals surface area contributed by atoms with Crippen LogP contribution in [0.15, 0.2) is 0 Å². The van der Waals surface area contributed by atoms with Crippen LogP contribution in [0.25, 0.3) is 0 Å². The first-order chi connectivity index (χ1) is 7.24. The summed E-state index contributed by atoms with van der Waals surface area (Å²) >= 11 is 0. The van der Waals surface area contributed by atoms with Crippen molar-refractivity contribution >= 4 is 0 Å². The summed E-state index contributed by atoms with van der Waals surface area (Å²) in [5.41, 5.74) is -0.134. The van der Waals surface area contributed by atoms with Gasteiger partial charge in [0.25, 0.3) is 0 Å². The zero-order valence-electron chi connectivity index (χ0n) is 9.19. The Hall–Kier alpha value is -0.160. The van der Waals surface area contributed by atoms with Gasteiger partial charge in [-0.15, -0.1) is 0 Å². The maximum Gasteiger partial charge on any atom is 0.0833 e. The molecular formula is C11H21NO3. The Balaban J connectivity index is 1.94. The molecular weight excluding hydrogens is 194 g/mol. The molecule has 88 valence electrons. The molecule has 0 unspecified atom stereocenters. The lowest BCUT2D eigenvalue weighted by Gasteiger charge is -2.46. The largest absolute Gasteiger partial charge is 0.395 e. The Bertz CT molecular complexity index is 206. The molecule has 0 bridgehead atoms. The SMILES string of the molecule is OCCN1CCC[C@]2(C[C@H](O)CCO2)C1. The Morgan fingerprint density at radius 1 is 1.47 bits per heavy atom. The molecule has 0 aliphatic carbocycles. The highest BCUT2D eigenvalue weighted by Crippen LogP contribution is 2.33.